The van der Waals surface area contributed by atoms with Gasteiger partial charge in [0.15, 0.2) is 0 Å². The maximum atomic E-state index is 13.9. The fourth-order valence-electron chi connectivity index (χ4n) is 2.58. The Hall–Kier alpha value is -1.62. The van der Waals surface area contributed by atoms with Gasteiger partial charge in [0, 0.05) is 13.7 Å². The maximum Gasteiger partial charge on any atom is 0.410 e. The van der Waals surface area contributed by atoms with Crippen molar-refractivity contribution in [2.45, 2.75) is 38.8 Å². The van der Waals surface area contributed by atoms with Gasteiger partial charge in [-0.1, -0.05) is 12.1 Å². The number of ether oxygens (including phenoxy) is 2. The lowest BCUT2D eigenvalue weighted by molar-refractivity contribution is 0.00303. The third-order valence-electron chi connectivity index (χ3n) is 3.45. The summed E-state index contributed by atoms with van der Waals surface area (Å²) in [6.45, 7) is 6.22. The highest BCUT2D eigenvalue weighted by Gasteiger charge is 2.34. The summed E-state index contributed by atoms with van der Waals surface area (Å²) >= 11 is 0. The number of nitrogens with zero attached hydrogens (tertiary/aromatic N) is 1. The minimum atomic E-state index is -0.559. The van der Waals surface area contributed by atoms with Gasteiger partial charge in [0.1, 0.15) is 11.4 Å². The number of amides is 1. The van der Waals surface area contributed by atoms with Crippen molar-refractivity contribution >= 4 is 6.09 Å². The van der Waals surface area contributed by atoms with Gasteiger partial charge < -0.3 is 9.47 Å². The summed E-state index contributed by atoms with van der Waals surface area (Å²) in [6, 6.07) is 4.64. The molecule has 1 aromatic carbocycles. The van der Waals surface area contributed by atoms with E-state index in [1.807, 2.05) is 26.8 Å². The average Bonchev–Trinajstić information content (AvgIpc) is 2.38. The fraction of sp³-hybridized carbons (Fsp3) is 0.562. The first-order valence-corrected chi connectivity index (χ1v) is 7.09. The second-order valence-corrected chi connectivity index (χ2v) is 6.20. The highest BCUT2D eigenvalue weighted by atomic mass is 19.1. The molecule has 0 saturated carbocycles. The van der Waals surface area contributed by atoms with Crippen LogP contribution < -0.4 is 0 Å². The molecule has 0 fully saturated rings. The van der Waals surface area contributed by atoms with Crippen LogP contribution in [0, 0.1) is 5.82 Å². The van der Waals surface area contributed by atoms with Crippen LogP contribution in [0.3, 0.4) is 0 Å². The first kappa shape index (κ1) is 15.8. The molecule has 0 aliphatic carbocycles. The molecular weight excluding hydrogens is 273 g/mol. The van der Waals surface area contributed by atoms with Gasteiger partial charge in [-0.05, 0) is 44.4 Å². The Morgan fingerprint density at radius 1 is 1.43 bits per heavy atom. The summed E-state index contributed by atoms with van der Waals surface area (Å²) in [5.41, 5.74) is 0.907. The number of carbonyl (C=O) groups is 1. The highest BCUT2D eigenvalue weighted by Crippen LogP contribution is 2.32. The smallest absolute Gasteiger partial charge is 0.410 e. The number of halogens is 1. The highest BCUT2D eigenvalue weighted by molar-refractivity contribution is 5.69. The van der Waals surface area contributed by atoms with E-state index in [9.17, 15) is 9.18 Å². The van der Waals surface area contributed by atoms with E-state index in [-0.39, 0.29) is 18.0 Å². The largest absolute Gasteiger partial charge is 0.444 e. The third-order valence-corrected chi connectivity index (χ3v) is 3.45. The summed E-state index contributed by atoms with van der Waals surface area (Å²) in [5, 5.41) is 0. The number of hydrogen-bond donors (Lipinski definition) is 0. The molecule has 0 radical (unpaired) electrons. The van der Waals surface area contributed by atoms with Crippen LogP contribution in [-0.4, -0.2) is 36.9 Å². The molecule has 1 aliphatic rings. The monoisotopic (exact) mass is 295 g/mol. The molecule has 0 bridgehead atoms. The van der Waals surface area contributed by atoms with Crippen LogP contribution in [-0.2, 0) is 15.9 Å². The van der Waals surface area contributed by atoms with Crippen LogP contribution in [0.2, 0.25) is 0 Å². The quantitative estimate of drug-likeness (QED) is 0.840. The summed E-state index contributed by atoms with van der Waals surface area (Å²) in [4.78, 5) is 14.0. The molecule has 0 spiro atoms. The maximum absolute atomic E-state index is 13.9. The van der Waals surface area contributed by atoms with Gasteiger partial charge in [0.25, 0.3) is 0 Å². The van der Waals surface area contributed by atoms with Crippen molar-refractivity contribution in [2.24, 2.45) is 0 Å². The molecular formula is C16H22FNO3. The third kappa shape index (κ3) is 3.53. The number of fused-ring (bicyclic) bond motifs is 1. The van der Waals surface area contributed by atoms with Crippen LogP contribution in [0.15, 0.2) is 18.2 Å². The SMILES string of the molecule is COCC1c2cccc(F)c2CCN1C(=O)OC(C)(C)C. The Morgan fingerprint density at radius 3 is 2.76 bits per heavy atom. The molecule has 2 rings (SSSR count). The molecule has 5 heteroatoms. The van der Waals surface area contributed by atoms with Gasteiger partial charge in [0.05, 0.1) is 12.6 Å². The normalized spacial score (nSPS) is 18.3. The standard InChI is InChI=1S/C16H22FNO3/c1-16(2,3)21-15(19)18-9-8-11-12(14(18)10-20-4)6-5-7-13(11)17/h5-7,14H,8-10H2,1-4H3. The van der Waals surface area contributed by atoms with Crippen molar-refractivity contribution in [1.29, 1.82) is 0 Å². The molecule has 0 saturated heterocycles. The summed E-state index contributed by atoms with van der Waals surface area (Å²) < 4.78 is 24.6. The Kier molecular flexibility index (Phi) is 4.52. The first-order chi connectivity index (χ1) is 9.83. The Morgan fingerprint density at radius 2 is 2.14 bits per heavy atom. The van der Waals surface area contributed by atoms with E-state index in [0.717, 1.165) is 5.56 Å². The van der Waals surface area contributed by atoms with Gasteiger partial charge in [-0.15, -0.1) is 0 Å². The summed E-state index contributed by atoms with van der Waals surface area (Å²) in [6.07, 6.45) is 0.0982. The van der Waals surface area contributed by atoms with Gasteiger partial charge in [0.2, 0.25) is 0 Å². The number of benzene rings is 1. The van der Waals surface area contributed by atoms with Crippen LogP contribution in [0.5, 0.6) is 0 Å². The van der Waals surface area contributed by atoms with Crippen LogP contribution in [0.1, 0.15) is 37.9 Å². The summed E-state index contributed by atoms with van der Waals surface area (Å²) in [7, 11) is 1.57. The van der Waals surface area contributed by atoms with Crippen molar-refractivity contribution < 1.29 is 18.7 Å². The summed E-state index contributed by atoms with van der Waals surface area (Å²) in [5.74, 6) is -0.225. The van der Waals surface area contributed by atoms with Crippen molar-refractivity contribution in [3.63, 3.8) is 0 Å². The molecule has 1 aromatic rings. The molecule has 0 aromatic heterocycles. The van der Waals surface area contributed by atoms with E-state index in [2.05, 4.69) is 0 Å². The Labute approximate surface area is 124 Å². The van der Waals surface area contributed by atoms with E-state index in [4.69, 9.17) is 9.47 Å². The lowest BCUT2D eigenvalue weighted by Crippen LogP contribution is -2.44. The zero-order valence-corrected chi connectivity index (χ0v) is 13.0. The molecule has 1 aliphatic heterocycles. The Bertz CT molecular complexity index is 525. The molecule has 1 unspecified atom stereocenters. The lowest BCUT2D eigenvalue weighted by atomic mass is 9.93. The molecule has 116 valence electrons. The second kappa shape index (κ2) is 6.02. The van der Waals surface area contributed by atoms with E-state index in [1.165, 1.54) is 6.07 Å². The van der Waals surface area contributed by atoms with E-state index < -0.39 is 5.60 Å². The van der Waals surface area contributed by atoms with Crippen molar-refractivity contribution in [3.8, 4) is 0 Å². The molecule has 21 heavy (non-hydrogen) atoms. The second-order valence-electron chi connectivity index (χ2n) is 6.20. The molecule has 1 heterocycles. The Balaban J connectivity index is 2.30. The molecule has 1 amide bonds. The van der Waals surface area contributed by atoms with Crippen molar-refractivity contribution in [1.82, 2.24) is 4.90 Å². The predicted octanol–water partition coefficient (Wildman–Crippen LogP) is 3.31. The van der Waals surface area contributed by atoms with Crippen LogP contribution in [0.25, 0.3) is 0 Å². The fourth-order valence-corrected chi connectivity index (χ4v) is 2.58. The number of methoxy groups -OCH3 is 1. The zero-order chi connectivity index (χ0) is 15.6. The van der Waals surface area contributed by atoms with Crippen molar-refractivity contribution in [3.05, 3.63) is 35.1 Å². The predicted molar refractivity (Wildman–Crippen MR) is 77.7 cm³/mol. The lowest BCUT2D eigenvalue weighted by Gasteiger charge is -2.37. The van der Waals surface area contributed by atoms with Gasteiger partial charge in [-0.3, -0.25) is 4.90 Å². The average molecular weight is 295 g/mol. The number of rotatable bonds is 2. The topological polar surface area (TPSA) is 38.8 Å². The number of hydrogen-bond acceptors (Lipinski definition) is 3. The number of carbonyl (C=O) groups excluding carboxylic acids is 1. The van der Waals surface area contributed by atoms with E-state index in [1.54, 1.807) is 18.1 Å². The van der Waals surface area contributed by atoms with Gasteiger partial charge in [-0.25, -0.2) is 9.18 Å². The molecule has 4 nitrogen and oxygen atoms in total. The van der Waals surface area contributed by atoms with E-state index >= 15 is 0 Å². The molecule has 0 N–H and O–H groups in total. The van der Waals surface area contributed by atoms with Gasteiger partial charge >= 0.3 is 6.09 Å². The van der Waals surface area contributed by atoms with E-state index in [0.29, 0.717) is 25.1 Å². The molecule has 1 atom stereocenters. The minimum Gasteiger partial charge on any atom is -0.444 e. The van der Waals surface area contributed by atoms with Crippen LogP contribution >= 0.6 is 0 Å². The van der Waals surface area contributed by atoms with Crippen LogP contribution in [0.4, 0.5) is 9.18 Å². The van der Waals surface area contributed by atoms with Gasteiger partial charge in [-0.2, -0.15) is 0 Å². The van der Waals surface area contributed by atoms with Crippen molar-refractivity contribution in [2.75, 3.05) is 20.3 Å². The zero-order valence-electron chi connectivity index (χ0n) is 13.0. The minimum absolute atomic E-state index is 0.225. The first-order valence-electron chi connectivity index (χ1n) is 7.09.